The van der Waals surface area contributed by atoms with Crippen molar-refractivity contribution in [3.8, 4) is 0 Å². The summed E-state index contributed by atoms with van der Waals surface area (Å²) >= 11 is 0. The molecule has 0 heterocycles. The molecule has 0 atom stereocenters. The van der Waals surface area contributed by atoms with Gasteiger partial charge in [-0.05, 0) is 30.7 Å². The number of nitrogens with one attached hydrogen (secondary N) is 2. The summed E-state index contributed by atoms with van der Waals surface area (Å²) in [5, 5.41) is 5.13. The van der Waals surface area contributed by atoms with Crippen LogP contribution in [0.3, 0.4) is 0 Å². The van der Waals surface area contributed by atoms with Crippen LogP contribution >= 0.6 is 0 Å². The van der Waals surface area contributed by atoms with Crippen LogP contribution in [0.15, 0.2) is 24.3 Å². The Morgan fingerprint density at radius 3 is 2.35 bits per heavy atom. The number of benzene rings is 1. The second-order valence-corrected chi connectivity index (χ2v) is 4.38. The number of amides is 3. The Kier molecular flexibility index (Phi) is 6.22. The topological polar surface area (TPSA) is 101 Å². The summed E-state index contributed by atoms with van der Waals surface area (Å²) in [6.45, 7) is 1.82. The van der Waals surface area contributed by atoms with E-state index in [9.17, 15) is 14.4 Å². The fraction of sp³-hybridized carbons (Fsp3) is 0.357. The van der Waals surface area contributed by atoms with Gasteiger partial charge in [0.2, 0.25) is 11.8 Å². The Balaban J connectivity index is 2.53. The van der Waals surface area contributed by atoms with Gasteiger partial charge in [-0.1, -0.05) is 13.3 Å². The summed E-state index contributed by atoms with van der Waals surface area (Å²) in [6, 6.07) is 6.43. The molecule has 0 spiro atoms. The van der Waals surface area contributed by atoms with E-state index >= 15 is 0 Å². The van der Waals surface area contributed by atoms with E-state index in [4.69, 9.17) is 5.73 Å². The molecular weight excluding hydrogens is 258 g/mol. The van der Waals surface area contributed by atoms with Crippen molar-refractivity contribution in [2.24, 2.45) is 5.73 Å². The minimum atomic E-state index is -0.599. The standard InChI is InChI=1S/C14H19N3O3/c1-2-3-4-13(19)17-11-7-5-10(6-8-11)14(20)16-9-12(15)18/h5-8H,2-4,9H2,1H3,(H2,15,18)(H,16,20)(H,17,19). The highest BCUT2D eigenvalue weighted by Gasteiger charge is 2.07. The summed E-state index contributed by atoms with van der Waals surface area (Å²) in [5.74, 6) is -1.02. The predicted molar refractivity (Wildman–Crippen MR) is 76.1 cm³/mol. The van der Waals surface area contributed by atoms with E-state index in [1.165, 1.54) is 0 Å². The minimum Gasteiger partial charge on any atom is -0.368 e. The van der Waals surface area contributed by atoms with Crippen molar-refractivity contribution in [1.82, 2.24) is 5.32 Å². The summed E-state index contributed by atoms with van der Waals surface area (Å²) in [4.78, 5) is 33.7. The number of unbranched alkanes of at least 4 members (excludes halogenated alkanes) is 1. The molecule has 1 rings (SSSR count). The average molecular weight is 277 g/mol. The maximum absolute atomic E-state index is 11.6. The Morgan fingerprint density at radius 1 is 1.15 bits per heavy atom. The average Bonchev–Trinajstić information content (AvgIpc) is 2.43. The highest BCUT2D eigenvalue weighted by atomic mass is 16.2. The molecule has 4 N–H and O–H groups in total. The number of nitrogens with two attached hydrogens (primary N) is 1. The molecule has 1 aromatic rings. The molecule has 0 aromatic heterocycles. The lowest BCUT2D eigenvalue weighted by Crippen LogP contribution is -2.33. The third-order valence-corrected chi connectivity index (χ3v) is 2.61. The van der Waals surface area contributed by atoms with Gasteiger partial charge in [0.25, 0.3) is 5.91 Å². The minimum absolute atomic E-state index is 0.0437. The fourth-order valence-electron chi connectivity index (χ4n) is 1.54. The van der Waals surface area contributed by atoms with Crippen molar-refractivity contribution in [2.75, 3.05) is 11.9 Å². The van der Waals surface area contributed by atoms with E-state index in [0.717, 1.165) is 12.8 Å². The Bertz CT molecular complexity index is 483. The molecule has 0 fully saturated rings. The summed E-state index contributed by atoms with van der Waals surface area (Å²) in [7, 11) is 0. The van der Waals surface area contributed by atoms with Crippen molar-refractivity contribution >= 4 is 23.4 Å². The van der Waals surface area contributed by atoms with Gasteiger partial charge in [-0.2, -0.15) is 0 Å². The van der Waals surface area contributed by atoms with Crippen molar-refractivity contribution in [3.63, 3.8) is 0 Å². The van der Waals surface area contributed by atoms with E-state index in [1.807, 2.05) is 6.92 Å². The highest BCUT2D eigenvalue weighted by molar-refractivity contribution is 5.97. The second kappa shape index (κ2) is 7.93. The van der Waals surface area contributed by atoms with Crippen molar-refractivity contribution < 1.29 is 14.4 Å². The Morgan fingerprint density at radius 2 is 1.80 bits per heavy atom. The molecule has 0 saturated heterocycles. The molecular formula is C14H19N3O3. The van der Waals surface area contributed by atoms with Gasteiger partial charge in [0.1, 0.15) is 0 Å². The number of carbonyl (C=O) groups excluding carboxylic acids is 3. The molecule has 1 aromatic carbocycles. The first-order chi connectivity index (χ1) is 9.52. The van der Waals surface area contributed by atoms with Crippen LogP contribution < -0.4 is 16.4 Å². The van der Waals surface area contributed by atoms with Gasteiger partial charge in [-0.25, -0.2) is 0 Å². The SMILES string of the molecule is CCCCC(=O)Nc1ccc(C(=O)NCC(N)=O)cc1. The molecule has 6 nitrogen and oxygen atoms in total. The molecule has 0 aliphatic carbocycles. The zero-order chi connectivity index (χ0) is 15.0. The van der Waals surface area contributed by atoms with E-state index in [1.54, 1.807) is 24.3 Å². The predicted octanol–water partition coefficient (Wildman–Crippen LogP) is 1.03. The fourth-order valence-corrected chi connectivity index (χ4v) is 1.54. The molecule has 3 amide bonds. The molecule has 0 saturated carbocycles. The maximum Gasteiger partial charge on any atom is 0.251 e. The molecule has 0 unspecified atom stereocenters. The molecule has 108 valence electrons. The molecule has 0 bridgehead atoms. The van der Waals surface area contributed by atoms with Crippen LogP contribution in [-0.2, 0) is 9.59 Å². The first kappa shape index (κ1) is 15.7. The van der Waals surface area contributed by atoms with Crippen LogP contribution in [0.5, 0.6) is 0 Å². The Hall–Kier alpha value is -2.37. The van der Waals surface area contributed by atoms with E-state index in [-0.39, 0.29) is 18.4 Å². The van der Waals surface area contributed by atoms with Crippen molar-refractivity contribution in [1.29, 1.82) is 0 Å². The van der Waals surface area contributed by atoms with Gasteiger partial charge in [0.05, 0.1) is 6.54 Å². The lowest BCUT2D eigenvalue weighted by atomic mass is 10.2. The smallest absolute Gasteiger partial charge is 0.251 e. The van der Waals surface area contributed by atoms with Gasteiger partial charge < -0.3 is 16.4 Å². The first-order valence-electron chi connectivity index (χ1n) is 6.49. The molecule has 20 heavy (non-hydrogen) atoms. The number of hydrogen-bond donors (Lipinski definition) is 3. The third-order valence-electron chi connectivity index (χ3n) is 2.61. The van der Waals surface area contributed by atoms with Crippen molar-refractivity contribution in [2.45, 2.75) is 26.2 Å². The van der Waals surface area contributed by atoms with Crippen LogP contribution in [-0.4, -0.2) is 24.3 Å². The zero-order valence-corrected chi connectivity index (χ0v) is 11.4. The third kappa shape index (κ3) is 5.51. The van der Waals surface area contributed by atoms with Gasteiger partial charge >= 0.3 is 0 Å². The number of carbonyl (C=O) groups is 3. The number of primary amides is 1. The van der Waals surface area contributed by atoms with Crippen LogP contribution in [0.4, 0.5) is 5.69 Å². The van der Waals surface area contributed by atoms with Gasteiger partial charge in [0.15, 0.2) is 0 Å². The first-order valence-corrected chi connectivity index (χ1v) is 6.49. The molecule has 0 radical (unpaired) electrons. The van der Waals surface area contributed by atoms with E-state index in [0.29, 0.717) is 17.7 Å². The van der Waals surface area contributed by atoms with Gasteiger partial charge in [0, 0.05) is 17.7 Å². The van der Waals surface area contributed by atoms with Crippen LogP contribution in [0.1, 0.15) is 36.5 Å². The zero-order valence-electron chi connectivity index (χ0n) is 11.4. The summed E-state index contributed by atoms with van der Waals surface area (Å²) in [6.07, 6.45) is 2.29. The largest absolute Gasteiger partial charge is 0.368 e. The van der Waals surface area contributed by atoms with Crippen LogP contribution in [0, 0.1) is 0 Å². The molecule has 6 heteroatoms. The normalized spacial score (nSPS) is 9.85. The van der Waals surface area contributed by atoms with Gasteiger partial charge in [-0.15, -0.1) is 0 Å². The summed E-state index contributed by atoms with van der Waals surface area (Å²) in [5.41, 5.74) is 5.97. The van der Waals surface area contributed by atoms with E-state index < -0.39 is 5.91 Å². The lowest BCUT2D eigenvalue weighted by Gasteiger charge is -2.06. The van der Waals surface area contributed by atoms with Crippen LogP contribution in [0.2, 0.25) is 0 Å². The number of rotatable bonds is 7. The Labute approximate surface area is 117 Å². The van der Waals surface area contributed by atoms with Gasteiger partial charge in [-0.3, -0.25) is 14.4 Å². The quantitative estimate of drug-likeness (QED) is 0.693. The lowest BCUT2D eigenvalue weighted by molar-refractivity contribution is -0.117. The number of anilines is 1. The van der Waals surface area contributed by atoms with E-state index in [2.05, 4.69) is 10.6 Å². The monoisotopic (exact) mass is 277 g/mol. The number of hydrogen-bond acceptors (Lipinski definition) is 3. The molecule has 0 aliphatic rings. The summed E-state index contributed by atoms with van der Waals surface area (Å²) < 4.78 is 0. The highest BCUT2D eigenvalue weighted by Crippen LogP contribution is 2.10. The molecule has 0 aliphatic heterocycles. The van der Waals surface area contributed by atoms with Crippen LogP contribution in [0.25, 0.3) is 0 Å². The maximum atomic E-state index is 11.6. The van der Waals surface area contributed by atoms with Crippen molar-refractivity contribution in [3.05, 3.63) is 29.8 Å². The second-order valence-electron chi connectivity index (χ2n) is 4.38.